The first-order valence-corrected chi connectivity index (χ1v) is 10.5. The molecular formula is C24H26N4O2. The highest BCUT2D eigenvalue weighted by Crippen LogP contribution is 2.49. The van der Waals surface area contributed by atoms with Gasteiger partial charge >= 0.3 is 6.09 Å². The van der Waals surface area contributed by atoms with Crippen LogP contribution < -0.4 is 10.1 Å². The van der Waals surface area contributed by atoms with E-state index in [-0.39, 0.29) is 6.09 Å². The van der Waals surface area contributed by atoms with Crippen LogP contribution in [0.1, 0.15) is 5.56 Å². The molecule has 6 nitrogen and oxygen atoms in total. The van der Waals surface area contributed by atoms with Gasteiger partial charge in [-0.05, 0) is 47.5 Å². The monoisotopic (exact) mass is 402 g/mol. The highest BCUT2D eigenvalue weighted by molar-refractivity contribution is 5.70. The molecule has 2 atom stereocenters. The molecule has 5 rings (SSSR count). The summed E-state index contributed by atoms with van der Waals surface area (Å²) in [5, 5.41) is 3.42. The molecule has 0 bridgehead atoms. The lowest BCUT2D eigenvalue weighted by molar-refractivity contribution is 0.143. The first-order chi connectivity index (χ1) is 14.7. The van der Waals surface area contributed by atoms with Gasteiger partial charge in [-0.15, -0.1) is 0 Å². The quantitative estimate of drug-likeness (QED) is 0.685. The molecule has 2 aromatic carbocycles. The summed E-state index contributed by atoms with van der Waals surface area (Å²) in [5.74, 6) is 2.28. The minimum atomic E-state index is -0.334. The Labute approximate surface area is 176 Å². The Kier molecular flexibility index (Phi) is 5.01. The Balaban J connectivity index is 1.30. The highest BCUT2D eigenvalue weighted by atomic mass is 16.6. The van der Waals surface area contributed by atoms with E-state index >= 15 is 0 Å². The second-order valence-electron chi connectivity index (χ2n) is 8.34. The van der Waals surface area contributed by atoms with Crippen LogP contribution in [0.2, 0.25) is 0 Å². The second kappa shape index (κ2) is 7.95. The number of nitrogens with one attached hydrogen (secondary N) is 1. The maximum absolute atomic E-state index is 12.9. The van der Waals surface area contributed by atoms with Crippen LogP contribution in [-0.2, 0) is 13.6 Å². The van der Waals surface area contributed by atoms with E-state index in [0.29, 0.717) is 30.2 Å². The number of rotatable bonds is 6. The Morgan fingerprint density at radius 1 is 1.10 bits per heavy atom. The number of amides is 1. The predicted octanol–water partition coefficient (Wildman–Crippen LogP) is 3.55. The first-order valence-electron chi connectivity index (χ1n) is 10.5. The molecular weight excluding hydrogens is 376 g/mol. The largest absolute Gasteiger partial charge is 0.416 e. The van der Waals surface area contributed by atoms with Crippen LogP contribution in [0.3, 0.4) is 0 Å². The molecule has 154 valence electrons. The molecule has 2 aliphatic rings. The van der Waals surface area contributed by atoms with Gasteiger partial charge in [-0.1, -0.05) is 54.6 Å². The number of carbonyl (C=O) groups excluding carboxylic acids is 1. The van der Waals surface area contributed by atoms with Gasteiger partial charge in [0, 0.05) is 20.1 Å². The third-order valence-electron chi connectivity index (χ3n) is 6.27. The molecule has 0 spiro atoms. The fourth-order valence-electron chi connectivity index (χ4n) is 4.52. The molecule has 2 heterocycles. The lowest BCUT2D eigenvalue weighted by atomic mass is 10.0. The van der Waals surface area contributed by atoms with E-state index in [1.807, 2.05) is 30.1 Å². The lowest BCUT2D eigenvalue weighted by Crippen LogP contribution is -2.36. The number of ether oxygens (including phenoxy) is 1. The number of hydrogen-bond donors (Lipinski definition) is 1. The summed E-state index contributed by atoms with van der Waals surface area (Å²) in [7, 11) is 1.86. The van der Waals surface area contributed by atoms with Crippen LogP contribution in [0.25, 0.3) is 11.1 Å². The average molecular weight is 402 g/mol. The van der Waals surface area contributed by atoms with Crippen molar-refractivity contribution < 1.29 is 9.53 Å². The number of piperidine rings is 1. The van der Waals surface area contributed by atoms with Crippen molar-refractivity contribution in [2.24, 2.45) is 24.8 Å². The van der Waals surface area contributed by atoms with Crippen LogP contribution in [-0.4, -0.2) is 40.2 Å². The van der Waals surface area contributed by atoms with Gasteiger partial charge < -0.3 is 19.5 Å². The summed E-state index contributed by atoms with van der Waals surface area (Å²) < 4.78 is 7.32. The molecule has 2 unspecified atom stereocenters. The first kappa shape index (κ1) is 18.9. The van der Waals surface area contributed by atoms with E-state index in [4.69, 9.17) is 4.74 Å². The summed E-state index contributed by atoms with van der Waals surface area (Å²) in [6.45, 7) is 3.38. The van der Waals surface area contributed by atoms with Crippen LogP contribution in [0, 0.1) is 17.8 Å². The normalized spacial score (nSPS) is 21.8. The molecule has 1 aliphatic carbocycles. The predicted molar refractivity (Wildman–Crippen MR) is 115 cm³/mol. The Bertz CT molecular complexity index is 1010. The minimum absolute atomic E-state index is 0.334. The van der Waals surface area contributed by atoms with Gasteiger partial charge in [0.25, 0.3) is 0 Å². The fourth-order valence-corrected chi connectivity index (χ4v) is 4.52. The van der Waals surface area contributed by atoms with Crippen molar-refractivity contribution in [1.82, 2.24) is 19.8 Å². The number of nitrogens with zero attached hydrogens (tertiary/aromatic N) is 3. The molecule has 1 aromatic heterocycles. The van der Waals surface area contributed by atoms with Crippen LogP contribution in [0.5, 0.6) is 5.88 Å². The van der Waals surface area contributed by atoms with E-state index in [1.54, 1.807) is 17.1 Å². The number of aromatic nitrogens is 2. The van der Waals surface area contributed by atoms with Gasteiger partial charge in [-0.25, -0.2) is 9.78 Å². The third-order valence-corrected chi connectivity index (χ3v) is 6.27. The molecule has 6 heteroatoms. The van der Waals surface area contributed by atoms with Gasteiger partial charge in [-0.3, -0.25) is 0 Å². The standard InChI is InChI=1S/C24H26N4O2/c1-27-15-23(26-16-27)30-24(29)28(14-22-20-11-25-12-21(20)22)13-17-7-9-19(10-8-17)18-5-3-2-4-6-18/h2-10,15-16,20-22,25H,11-14H2,1H3. The molecule has 1 N–H and O–H groups in total. The van der Waals surface area contributed by atoms with Crippen LogP contribution in [0.15, 0.2) is 67.1 Å². The zero-order valence-electron chi connectivity index (χ0n) is 17.1. The van der Waals surface area contributed by atoms with Crippen LogP contribution in [0.4, 0.5) is 4.79 Å². The summed E-state index contributed by atoms with van der Waals surface area (Å²) in [4.78, 5) is 18.9. The SMILES string of the molecule is Cn1cnc(OC(=O)N(Cc2ccc(-c3ccccc3)cc2)CC2C3CNCC32)c1. The van der Waals surface area contributed by atoms with Gasteiger partial charge in [0.05, 0.1) is 12.5 Å². The second-order valence-corrected chi connectivity index (χ2v) is 8.34. The Hall–Kier alpha value is -3.12. The molecule has 30 heavy (non-hydrogen) atoms. The average Bonchev–Trinajstić information content (AvgIpc) is 3.10. The minimum Gasteiger partial charge on any atom is -0.389 e. The van der Waals surface area contributed by atoms with Gasteiger partial charge in [0.15, 0.2) is 0 Å². The maximum Gasteiger partial charge on any atom is 0.416 e. The van der Waals surface area contributed by atoms with E-state index in [0.717, 1.165) is 25.2 Å². The molecule has 1 aliphatic heterocycles. The molecule has 1 saturated carbocycles. The topological polar surface area (TPSA) is 59.4 Å². The Morgan fingerprint density at radius 2 is 1.80 bits per heavy atom. The number of imidazole rings is 1. The van der Waals surface area contributed by atoms with E-state index in [2.05, 4.69) is 46.7 Å². The fraction of sp³-hybridized carbons (Fsp3) is 0.333. The summed E-state index contributed by atoms with van der Waals surface area (Å²) >= 11 is 0. The number of aryl methyl sites for hydroxylation is 1. The van der Waals surface area contributed by atoms with E-state index < -0.39 is 0 Å². The van der Waals surface area contributed by atoms with E-state index in [9.17, 15) is 4.79 Å². The number of benzene rings is 2. The van der Waals surface area contributed by atoms with E-state index in [1.165, 1.54) is 11.1 Å². The Morgan fingerprint density at radius 3 is 2.47 bits per heavy atom. The molecule has 2 fully saturated rings. The summed E-state index contributed by atoms with van der Waals surface area (Å²) in [6.07, 6.45) is 3.01. The van der Waals surface area contributed by atoms with Crippen molar-refractivity contribution >= 4 is 6.09 Å². The zero-order chi connectivity index (χ0) is 20.5. The molecule has 1 saturated heterocycles. The summed E-state index contributed by atoms with van der Waals surface area (Å²) in [5.41, 5.74) is 3.45. The molecule has 1 amide bonds. The molecule has 3 aromatic rings. The zero-order valence-corrected chi connectivity index (χ0v) is 17.1. The van der Waals surface area contributed by atoms with Crippen molar-refractivity contribution in [2.75, 3.05) is 19.6 Å². The van der Waals surface area contributed by atoms with Crippen molar-refractivity contribution in [2.45, 2.75) is 6.54 Å². The lowest BCUT2D eigenvalue weighted by Gasteiger charge is -2.22. The van der Waals surface area contributed by atoms with Crippen molar-refractivity contribution in [3.8, 4) is 17.0 Å². The van der Waals surface area contributed by atoms with Gasteiger partial charge in [-0.2, -0.15) is 0 Å². The van der Waals surface area contributed by atoms with Gasteiger partial charge in [0.2, 0.25) is 5.88 Å². The van der Waals surface area contributed by atoms with Crippen molar-refractivity contribution in [3.05, 3.63) is 72.7 Å². The van der Waals surface area contributed by atoms with Crippen molar-refractivity contribution in [3.63, 3.8) is 0 Å². The molecule has 0 radical (unpaired) electrons. The maximum atomic E-state index is 12.9. The van der Waals surface area contributed by atoms with Crippen molar-refractivity contribution in [1.29, 1.82) is 0 Å². The van der Waals surface area contributed by atoms with Crippen LogP contribution >= 0.6 is 0 Å². The smallest absolute Gasteiger partial charge is 0.389 e. The number of carbonyl (C=O) groups is 1. The number of hydrogen-bond acceptors (Lipinski definition) is 4. The van der Waals surface area contributed by atoms with Gasteiger partial charge in [0.1, 0.15) is 0 Å². The third kappa shape index (κ3) is 3.96. The summed E-state index contributed by atoms with van der Waals surface area (Å²) in [6, 6.07) is 18.7. The number of fused-ring (bicyclic) bond motifs is 1. The highest BCUT2D eigenvalue weighted by Gasteiger charge is 2.53.